The Morgan fingerprint density at radius 2 is 1.65 bits per heavy atom. The number of piperazine rings is 1. The van der Waals surface area contributed by atoms with E-state index in [4.69, 9.17) is 4.74 Å². The van der Waals surface area contributed by atoms with Crippen molar-refractivity contribution in [3.05, 3.63) is 29.3 Å². The summed E-state index contributed by atoms with van der Waals surface area (Å²) >= 11 is 0. The van der Waals surface area contributed by atoms with Gasteiger partial charge in [-0.05, 0) is 31.0 Å². The van der Waals surface area contributed by atoms with E-state index in [-0.39, 0.29) is 11.9 Å². The molecule has 2 fully saturated rings. The molecule has 0 spiro atoms. The normalized spacial score (nSPS) is 18.7. The number of nitrogens with one attached hydrogen (secondary N) is 1. The van der Waals surface area contributed by atoms with Crippen molar-refractivity contribution in [2.75, 3.05) is 64.3 Å². The van der Waals surface area contributed by atoms with Gasteiger partial charge >= 0.3 is 6.03 Å². The van der Waals surface area contributed by atoms with Crippen LogP contribution in [0.5, 0.6) is 0 Å². The summed E-state index contributed by atoms with van der Waals surface area (Å²) in [5.41, 5.74) is 3.06. The molecular weight excluding hydrogens is 332 g/mol. The van der Waals surface area contributed by atoms with Gasteiger partial charge in [-0.3, -0.25) is 9.69 Å². The van der Waals surface area contributed by atoms with Crippen LogP contribution < -0.4 is 5.32 Å². The van der Waals surface area contributed by atoms with Crippen LogP contribution >= 0.6 is 0 Å². The minimum atomic E-state index is -0.00773. The molecule has 0 unspecified atom stereocenters. The van der Waals surface area contributed by atoms with Gasteiger partial charge in [0.2, 0.25) is 5.91 Å². The number of carbonyl (C=O) groups excluding carboxylic acids is 2. The molecule has 3 rings (SSSR count). The minimum absolute atomic E-state index is 0.00773. The van der Waals surface area contributed by atoms with Gasteiger partial charge in [0, 0.05) is 45.0 Å². The number of amides is 3. The molecule has 142 valence electrons. The lowest BCUT2D eigenvalue weighted by atomic mass is 10.1. The zero-order valence-electron chi connectivity index (χ0n) is 15.7. The molecule has 3 amide bonds. The number of rotatable bonds is 3. The fourth-order valence-electron chi connectivity index (χ4n) is 3.32. The van der Waals surface area contributed by atoms with Gasteiger partial charge in [0.15, 0.2) is 0 Å². The molecule has 26 heavy (non-hydrogen) atoms. The second-order valence-corrected chi connectivity index (χ2v) is 7.01. The topological polar surface area (TPSA) is 65.1 Å². The fourth-order valence-corrected chi connectivity index (χ4v) is 3.32. The predicted octanol–water partition coefficient (Wildman–Crippen LogP) is 1.31. The van der Waals surface area contributed by atoms with Gasteiger partial charge in [-0.1, -0.05) is 12.1 Å². The number of carbonyl (C=O) groups is 2. The van der Waals surface area contributed by atoms with Crippen molar-refractivity contribution in [2.45, 2.75) is 13.8 Å². The molecule has 7 nitrogen and oxygen atoms in total. The molecule has 0 saturated carbocycles. The zero-order chi connectivity index (χ0) is 18.5. The summed E-state index contributed by atoms with van der Waals surface area (Å²) in [7, 11) is 0. The number of urea groups is 1. The lowest BCUT2D eigenvalue weighted by molar-refractivity contribution is -0.117. The van der Waals surface area contributed by atoms with Crippen LogP contribution in [0.3, 0.4) is 0 Å². The van der Waals surface area contributed by atoms with Crippen molar-refractivity contribution < 1.29 is 14.3 Å². The number of nitrogens with zero attached hydrogens (tertiary/aromatic N) is 3. The lowest BCUT2D eigenvalue weighted by Crippen LogP contribution is -2.55. The van der Waals surface area contributed by atoms with E-state index >= 15 is 0 Å². The second-order valence-electron chi connectivity index (χ2n) is 7.01. The summed E-state index contributed by atoms with van der Waals surface area (Å²) in [6.45, 7) is 9.67. The Bertz CT molecular complexity index is 650. The number of hydrogen-bond donors (Lipinski definition) is 1. The van der Waals surface area contributed by atoms with E-state index in [0.29, 0.717) is 45.9 Å². The SMILES string of the molecule is Cc1ccc(C)c(NC(=O)CN2CCN(C(=O)N3CCOCC3)CC2)c1. The van der Waals surface area contributed by atoms with E-state index < -0.39 is 0 Å². The molecule has 1 N–H and O–H groups in total. The van der Waals surface area contributed by atoms with Crippen LogP contribution in [-0.4, -0.2) is 85.7 Å². The molecule has 0 aliphatic carbocycles. The maximum Gasteiger partial charge on any atom is 0.320 e. The summed E-state index contributed by atoms with van der Waals surface area (Å²) in [6.07, 6.45) is 0. The molecule has 0 radical (unpaired) electrons. The van der Waals surface area contributed by atoms with E-state index in [1.165, 1.54) is 0 Å². The third-order valence-electron chi connectivity index (χ3n) is 4.96. The number of ether oxygens (including phenoxy) is 1. The molecule has 0 atom stereocenters. The third kappa shape index (κ3) is 4.74. The van der Waals surface area contributed by atoms with Crippen LogP contribution in [0.1, 0.15) is 11.1 Å². The molecular formula is C19H28N4O3. The highest BCUT2D eigenvalue weighted by atomic mass is 16.5. The molecule has 0 bridgehead atoms. The Balaban J connectivity index is 1.45. The number of aryl methyl sites for hydroxylation is 2. The van der Waals surface area contributed by atoms with E-state index in [1.54, 1.807) is 0 Å². The van der Waals surface area contributed by atoms with Crippen molar-refractivity contribution in [3.63, 3.8) is 0 Å². The Labute approximate surface area is 154 Å². The molecule has 2 saturated heterocycles. The summed E-state index contributed by atoms with van der Waals surface area (Å²) < 4.78 is 5.30. The van der Waals surface area contributed by atoms with Crippen molar-refractivity contribution in [2.24, 2.45) is 0 Å². The Hall–Kier alpha value is -2.12. The first-order valence-electron chi connectivity index (χ1n) is 9.24. The lowest BCUT2D eigenvalue weighted by Gasteiger charge is -2.38. The van der Waals surface area contributed by atoms with Crippen LogP contribution in [0.2, 0.25) is 0 Å². The fraction of sp³-hybridized carbons (Fsp3) is 0.579. The number of morpholine rings is 1. The van der Waals surface area contributed by atoms with E-state index in [9.17, 15) is 9.59 Å². The van der Waals surface area contributed by atoms with Crippen LogP contribution in [0.25, 0.3) is 0 Å². The van der Waals surface area contributed by atoms with Gasteiger partial charge in [-0.2, -0.15) is 0 Å². The van der Waals surface area contributed by atoms with Crippen LogP contribution in [0.15, 0.2) is 18.2 Å². The van der Waals surface area contributed by atoms with Crippen molar-refractivity contribution in [3.8, 4) is 0 Å². The van der Waals surface area contributed by atoms with E-state index in [2.05, 4.69) is 10.2 Å². The molecule has 2 aliphatic heterocycles. The molecule has 1 aromatic carbocycles. The Morgan fingerprint density at radius 3 is 2.35 bits per heavy atom. The second kappa shape index (κ2) is 8.51. The van der Waals surface area contributed by atoms with Crippen LogP contribution in [0.4, 0.5) is 10.5 Å². The third-order valence-corrected chi connectivity index (χ3v) is 4.96. The largest absolute Gasteiger partial charge is 0.378 e. The van der Waals surface area contributed by atoms with Crippen molar-refractivity contribution in [1.29, 1.82) is 0 Å². The summed E-state index contributed by atoms with van der Waals surface area (Å²) in [6, 6.07) is 6.14. The number of hydrogen-bond acceptors (Lipinski definition) is 4. The molecule has 1 aromatic rings. The number of benzene rings is 1. The average molecular weight is 360 g/mol. The van der Waals surface area contributed by atoms with Gasteiger partial charge in [0.25, 0.3) is 0 Å². The molecule has 2 heterocycles. The molecule has 2 aliphatic rings. The minimum Gasteiger partial charge on any atom is -0.378 e. The van der Waals surface area contributed by atoms with E-state index in [0.717, 1.165) is 29.9 Å². The predicted molar refractivity (Wildman–Crippen MR) is 100 cm³/mol. The first kappa shape index (κ1) is 18.7. The van der Waals surface area contributed by atoms with Crippen LogP contribution in [-0.2, 0) is 9.53 Å². The maximum atomic E-state index is 12.5. The molecule has 0 aromatic heterocycles. The Morgan fingerprint density at radius 1 is 1.00 bits per heavy atom. The Kier molecular flexibility index (Phi) is 6.11. The highest BCUT2D eigenvalue weighted by molar-refractivity contribution is 5.93. The monoisotopic (exact) mass is 360 g/mol. The van der Waals surface area contributed by atoms with Gasteiger partial charge in [0.05, 0.1) is 19.8 Å². The first-order valence-corrected chi connectivity index (χ1v) is 9.24. The highest BCUT2D eigenvalue weighted by Gasteiger charge is 2.27. The maximum absolute atomic E-state index is 12.5. The highest BCUT2D eigenvalue weighted by Crippen LogP contribution is 2.16. The average Bonchev–Trinajstić information content (AvgIpc) is 2.65. The number of anilines is 1. The summed E-state index contributed by atoms with van der Waals surface area (Å²) in [4.78, 5) is 30.7. The molecule has 7 heteroatoms. The van der Waals surface area contributed by atoms with Gasteiger partial charge < -0.3 is 19.9 Å². The summed E-state index contributed by atoms with van der Waals surface area (Å²) in [5, 5.41) is 3.00. The zero-order valence-corrected chi connectivity index (χ0v) is 15.7. The standard InChI is InChI=1S/C19H28N4O3/c1-15-3-4-16(2)17(13-15)20-18(24)14-21-5-7-22(8-6-21)19(25)23-9-11-26-12-10-23/h3-4,13H,5-12,14H2,1-2H3,(H,20,24). The van der Waals surface area contributed by atoms with Crippen molar-refractivity contribution in [1.82, 2.24) is 14.7 Å². The first-order chi connectivity index (χ1) is 12.5. The van der Waals surface area contributed by atoms with Crippen molar-refractivity contribution >= 4 is 17.6 Å². The van der Waals surface area contributed by atoms with Gasteiger partial charge in [-0.15, -0.1) is 0 Å². The summed E-state index contributed by atoms with van der Waals surface area (Å²) in [5.74, 6) is -0.00773. The van der Waals surface area contributed by atoms with Gasteiger partial charge in [-0.25, -0.2) is 4.79 Å². The van der Waals surface area contributed by atoms with E-state index in [1.807, 2.05) is 41.8 Å². The smallest absolute Gasteiger partial charge is 0.320 e. The van der Waals surface area contributed by atoms with Gasteiger partial charge in [0.1, 0.15) is 0 Å². The quantitative estimate of drug-likeness (QED) is 0.883. The van der Waals surface area contributed by atoms with Crippen LogP contribution in [0, 0.1) is 13.8 Å².